The van der Waals surface area contributed by atoms with Crippen molar-refractivity contribution in [2.45, 2.75) is 91.0 Å². The van der Waals surface area contributed by atoms with Gasteiger partial charge in [-0.25, -0.2) is 0 Å². The molecule has 0 spiro atoms. The molecule has 0 radical (unpaired) electrons. The van der Waals surface area contributed by atoms with Gasteiger partial charge >= 0.3 is 0 Å². The highest BCUT2D eigenvalue weighted by molar-refractivity contribution is 4.87. The fourth-order valence-electron chi connectivity index (χ4n) is 2.30. The smallest absolute Gasteiger partial charge is 0.0800 e. The summed E-state index contributed by atoms with van der Waals surface area (Å²) in [6, 6.07) is 0. The topological polar surface area (TPSA) is 47.9 Å². The van der Waals surface area contributed by atoms with Crippen LogP contribution in [0.3, 0.4) is 0 Å². The molecule has 0 aliphatic heterocycles. The monoisotopic (exact) mass is 344 g/mol. The molecule has 1 atom stereocenters. The molecule has 0 heterocycles. The highest BCUT2D eigenvalue weighted by Gasteiger charge is 2.25. The molecule has 0 aliphatic rings. The Hall–Kier alpha value is -0.420. The molecule has 0 saturated carbocycles. The maximum atomic E-state index is 10.1. The van der Waals surface area contributed by atoms with Crippen LogP contribution in [0, 0.1) is 0 Å². The van der Waals surface area contributed by atoms with Gasteiger partial charge in [-0.2, -0.15) is 0 Å². The number of ether oxygens (including phenoxy) is 3. The summed E-state index contributed by atoms with van der Waals surface area (Å²) in [6.45, 7) is 18.6. The molecule has 1 N–H and O–H groups in total. The zero-order chi connectivity index (χ0) is 18.6. The van der Waals surface area contributed by atoms with Crippen molar-refractivity contribution in [3.8, 4) is 0 Å². The lowest BCUT2D eigenvalue weighted by Crippen LogP contribution is -2.35. The lowest BCUT2D eigenvalue weighted by Gasteiger charge is -2.31. The Labute approximate surface area is 149 Å². The molecule has 4 nitrogen and oxygen atoms in total. The van der Waals surface area contributed by atoms with Gasteiger partial charge in [0.25, 0.3) is 0 Å². The third-order valence-electron chi connectivity index (χ3n) is 3.90. The minimum Gasteiger partial charge on any atom is -0.391 e. The second-order valence-electron chi connectivity index (χ2n) is 7.96. The molecule has 0 aromatic heterocycles. The summed E-state index contributed by atoms with van der Waals surface area (Å²) in [5, 5.41) is 10.1. The van der Waals surface area contributed by atoms with E-state index in [4.69, 9.17) is 14.2 Å². The van der Waals surface area contributed by atoms with E-state index in [1.807, 2.05) is 20.8 Å². The first-order chi connectivity index (χ1) is 11.1. The van der Waals surface area contributed by atoms with Crippen LogP contribution >= 0.6 is 0 Å². The van der Waals surface area contributed by atoms with Crippen molar-refractivity contribution in [2.24, 2.45) is 0 Å². The van der Waals surface area contributed by atoms with Gasteiger partial charge in [0.2, 0.25) is 0 Å². The molecule has 0 saturated heterocycles. The molecule has 0 bridgehead atoms. The molecule has 0 aliphatic carbocycles. The van der Waals surface area contributed by atoms with Crippen LogP contribution in [0.4, 0.5) is 0 Å². The van der Waals surface area contributed by atoms with Gasteiger partial charge in [0.1, 0.15) is 0 Å². The SMILES string of the molecule is C=C(C)CCOC(C)(C)CCOC(C)(C)CC(O)COCCCC. The second kappa shape index (κ2) is 12.0. The summed E-state index contributed by atoms with van der Waals surface area (Å²) in [5.41, 5.74) is 0.549. The van der Waals surface area contributed by atoms with Crippen LogP contribution in [0.1, 0.15) is 73.6 Å². The van der Waals surface area contributed by atoms with E-state index >= 15 is 0 Å². The summed E-state index contributed by atoms with van der Waals surface area (Å²) < 4.78 is 17.4. The largest absolute Gasteiger partial charge is 0.391 e. The number of hydrogen-bond donors (Lipinski definition) is 1. The molecule has 1 unspecified atom stereocenters. The average molecular weight is 345 g/mol. The van der Waals surface area contributed by atoms with Crippen LogP contribution in [0.15, 0.2) is 12.2 Å². The number of hydrogen-bond acceptors (Lipinski definition) is 4. The van der Waals surface area contributed by atoms with Crippen LogP contribution in [0.2, 0.25) is 0 Å². The minimum absolute atomic E-state index is 0.215. The lowest BCUT2D eigenvalue weighted by atomic mass is 10.00. The Morgan fingerprint density at radius 2 is 1.67 bits per heavy atom. The summed E-state index contributed by atoms with van der Waals surface area (Å²) >= 11 is 0. The second-order valence-corrected chi connectivity index (χ2v) is 7.96. The maximum absolute atomic E-state index is 10.1. The van der Waals surface area contributed by atoms with E-state index in [0.717, 1.165) is 31.3 Å². The molecule has 0 fully saturated rings. The Morgan fingerprint density at radius 3 is 2.25 bits per heavy atom. The molecule has 0 rings (SSSR count). The van der Waals surface area contributed by atoms with E-state index in [-0.39, 0.29) is 11.2 Å². The molecule has 144 valence electrons. The van der Waals surface area contributed by atoms with Crippen LogP contribution in [-0.2, 0) is 14.2 Å². The number of rotatable bonds is 15. The van der Waals surface area contributed by atoms with Crippen molar-refractivity contribution in [1.29, 1.82) is 0 Å². The Balaban J connectivity index is 3.98. The molecule has 0 aromatic carbocycles. The van der Waals surface area contributed by atoms with Gasteiger partial charge in [-0.15, -0.1) is 6.58 Å². The van der Waals surface area contributed by atoms with Crippen molar-refractivity contribution in [3.05, 3.63) is 12.2 Å². The van der Waals surface area contributed by atoms with Gasteiger partial charge in [0.15, 0.2) is 0 Å². The van der Waals surface area contributed by atoms with Crippen molar-refractivity contribution in [1.82, 2.24) is 0 Å². The Bertz CT molecular complexity index is 337. The Morgan fingerprint density at radius 1 is 1.04 bits per heavy atom. The van der Waals surface area contributed by atoms with Crippen molar-refractivity contribution in [3.63, 3.8) is 0 Å². The highest BCUT2D eigenvalue weighted by Crippen LogP contribution is 2.21. The zero-order valence-corrected chi connectivity index (χ0v) is 16.8. The van der Waals surface area contributed by atoms with Crippen molar-refractivity contribution >= 4 is 0 Å². The standard InChI is InChI=1S/C20H40O4/c1-8-9-12-22-16-18(21)15-20(6,7)24-14-11-19(4,5)23-13-10-17(2)3/h18,21H,2,8-16H2,1,3-7H3. The predicted molar refractivity (Wildman–Crippen MR) is 100 cm³/mol. The van der Waals surface area contributed by atoms with Crippen LogP contribution in [0.5, 0.6) is 0 Å². The fourth-order valence-corrected chi connectivity index (χ4v) is 2.30. The van der Waals surface area contributed by atoms with E-state index in [0.29, 0.717) is 32.8 Å². The molecule has 0 amide bonds. The lowest BCUT2D eigenvalue weighted by molar-refractivity contribution is -0.0910. The first-order valence-corrected chi connectivity index (χ1v) is 9.26. The zero-order valence-electron chi connectivity index (χ0n) is 16.8. The number of aliphatic hydroxyl groups is 1. The van der Waals surface area contributed by atoms with Gasteiger partial charge in [-0.3, -0.25) is 0 Å². The minimum atomic E-state index is -0.489. The number of unbranched alkanes of at least 4 members (excludes halogenated alkanes) is 1. The third-order valence-corrected chi connectivity index (χ3v) is 3.90. The van der Waals surface area contributed by atoms with Crippen molar-refractivity contribution < 1.29 is 19.3 Å². The molecular weight excluding hydrogens is 304 g/mol. The Kier molecular flexibility index (Phi) is 11.8. The summed E-state index contributed by atoms with van der Waals surface area (Å²) in [7, 11) is 0. The summed E-state index contributed by atoms with van der Waals surface area (Å²) in [4.78, 5) is 0. The molecule has 24 heavy (non-hydrogen) atoms. The van der Waals surface area contributed by atoms with Crippen LogP contribution < -0.4 is 0 Å². The first-order valence-electron chi connectivity index (χ1n) is 9.26. The van der Waals surface area contributed by atoms with E-state index in [1.165, 1.54) is 0 Å². The van der Waals surface area contributed by atoms with Gasteiger partial charge in [0, 0.05) is 13.0 Å². The highest BCUT2D eigenvalue weighted by atomic mass is 16.5. The van der Waals surface area contributed by atoms with Crippen LogP contribution in [-0.4, -0.2) is 48.8 Å². The number of aliphatic hydroxyl groups excluding tert-OH is 1. The van der Waals surface area contributed by atoms with Crippen LogP contribution in [0.25, 0.3) is 0 Å². The van der Waals surface area contributed by atoms with Gasteiger partial charge in [-0.1, -0.05) is 18.9 Å². The quantitative estimate of drug-likeness (QED) is 0.351. The third kappa shape index (κ3) is 14.0. The van der Waals surface area contributed by atoms with E-state index in [2.05, 4.69) is 27.4 Å². The summed E-state index contributed by atoms with van der Waals surface area (Å²) in [5.74, 6) is 0. The first kappa shape index (κ1) is 23.6. The molecule has 0 aromatic rings. The van der Waals surface area contributed by atoms with E-state index in [1.54, 1.807) is 0 Å². The predicted octanol–water partition coefficient (Wildman–Crippen LogP) is 4.50. The van der Waals surface area contributed by atoms with E-state index < -0.39 is 6.10 Å². The van der Waals surface area contributed by atoms with E-state index in [9.17, 15) is 5.11 Å². The van der Waals surface area contributed by atoms with Gasteiger partial charge < -0.3 is 19.3 Å². The average Bonchev–Trinajstić information content (AvgIpc) is 2.41. The van der Waals surface area contributed by atoms with Crippen molar-refractivity contribution in [2.75, 3.05) is 26.4 Å². The fraction of sp³-hybridized carbons (Fsp3) is 0.900. The van der Waals surface area contributed by atoms with Gasteiger partial charge in [-0.05, 0) is 53.9 Å². The summed E-state index contributed by atoms with van der Waals surface area (Å²) in [6.07, 6.45) is 3.92. The molecular formula is C20H40O4. The molecule has 4 heteroatoms. The normalized spacial score (nSPS) is 14.0. The maximum Gasteiger partial charge on any atom is 0.0800 e. The van der Waals surface area contributed by atoms with Gasteiger partial charge in [0.05, 0.1) is 37.1 Å².